The minimum atomic E-state index is 0.257. The van der Waals surface area contributed by atoms with Crippen molar-refractivity contribution in [3.05, 3.63) is 51.7 Å². The van der Waals surface area contributed by atoms with E-state index in [1.807, 2.05) is 0 Å². The van der Waals surface area contributed by atoms with Gasteiger partial charge in [-0.1, -0.05) is 18.2 Å². The minimum absolute atomic E-state index is 0.257. The van der Waals surface area contributed by atoms with Crippen LogP contribution in [0.5, 0.6) is 5.75 Å². The van der Waals surface area contributed by atoms with Gasteiger partial charge in [-0.15, -0.1) is 11.3 Å². The average molecular weight is 275 g/mol. The van der Waals surface area contributed by atoms with Crippen LogP contribution in [0.4, 0.5) is 0 Å². The standard InChI is InChI=1S/C16H21NOS/c1-11-7-8-14(15(10-11)18-4)12(2)17-13(3)16-6-5-9-19-16/h5-10,12-13,17H,1-4H3. The fraction of sp³-hybridized carbons (Fsp3) is 0.375. The molecule has 2 rings (SSSR count). The van der Waals surface area contributed by atoms with Crippen LogP contribution in [-0.4, -0.2) is 7.11 Å². The lowest BCUT2D eigenvalue weighted by molar-refractivity contribution is 0.397. The van der Waals surface area contributed by atoms with E-state index in [9.17, 15) is 0 Å². The molecule has 0 fully saturated rings. The van der Waals surface area contributed by atoms with Crippen molar-refractivity contribution in [3.63, 3.8) is 0 Å². The Labute approximate surface area is 119 Å². The molecular weight excluding hydrogens is 254 g/mol. The van der Waals surface area contributed by atoms with Gasteiger partial charge in [-0.3, -0.25) is 0 Å². The smallest absolute Gasteiger partial charge is 0.123 e. The van der Waals surface area contributed by atoms with Crippen LogP contribution in [-0.2, 0) is 0 Å². The van der Waals surface area contributed by atoms with Crippen molar-refractivity contribution in [2.24, 2.45) is 0 Å². The summed E-state index contributed by atoms with van der Waals surface area (Å²) in [6.07, 6.45) is 0. The van der Waals surface area contributed by atoms with Crippen molar-refractivity contribution in [3.8, 4) is 5.75 Å². The number of aryl methyl sites for hydroxylation is 1. The summed E-state index contributed by atoms with van der Waals surface area (Å²) in [7, 11) is 1.73. The van der Waals surface area contributed by atoms with Crippen molar-refractivity contribution >= 4 is 11.3 Å². The van der Waals surface area contributed by atoms with Gasteiger partial charge in [0.25, 0.3) is 0 Å². The highest BCUT2D eigenvalue weighted by Gasteiger charge is 2.15. The molecule has 0 saturated carbocycles. The van der Waals surface area contributed by atoms with Crippen molar-refractivity contribution in [2.75, 3.05) is 7.11 Å². The van der Waals surface area contributed by atoms with Gasteiger partial charge in [0.15, 0.2) is 0 Å². The molecule has 102 valence electrons. The summed E-state index contributed by atoms with van der Waals surface area (Å²) in [5.41, 5.74) is 2.43. The number of hydrogen-bond donors (Lipinski definition) is 1. The van der Waals surface area contributed by atoms with E-state index in [-0.39, 0.29) is 6.04 Å². The maximum Gasteiger partial charge on any atom is 0.123 e. The van der Waals surface area contributed by atoms with Gasteiger partial charge in [0, 0.05) is 22.5 Å². The van der Waals surface area contributed by atoms with E-state index < -0.39 is 0 Å². The first-order chi connectivity index (χ1) is 9.11. The van der Waals surface area contributed by atoms with E-state index >= 15 is 0 Å². The minimum Gasteiger partial charge on any atom is -0.496 e. The van der Waals surface area contributed by atoms with Gasteiger partial charge in [0.05, 0.1) is 7.11 Å². The summed E-state index contributed by atoms with van der Waals surface area (Å²) in [5.74, 6) is 0.957. The van der Waals surface area contributed by atoms with Crippen LogP contribution >= 0.6 is 11.3 Å². The zero-order chi connectivity index (χ0) is 13.8. The maximum atomic E-state index is 5.48. The Hall–Kier alpha value is -1.32. The second-order valence-corrected chi connectivity index (χ2v) is 5.85. The van der Waals surface area contributed by atoms with Crippen molar-refractivity contribution in [1.82, 2.24) is 5.32 Å². The lowest BCUT2D eigenvalue weighted by Gasteiger charge is -2.21. The molecule has 2 nitrogen and oxygen atoms in total. The Morgan fingerprint density at radius 1 is 1.16 bits per heavy atom. The number of thiophene rings is 1. The lowest BCUT2D eigenvalue weighted by Crippen LogP contribution is -2.22. The van der Waals surface area contributed by atoms with Crippen LogP contribution in [0.15, 0.2) is 35.7 Å². The zero-order valence-corrected chi connectivity index (χ0v) is 12.8. The molecule has 1 heterocycles. The number of rotatable bonds is 5. The summed E-state index contributed by atoms with van der Waals surface area (Å²) in [6, 6.07) is 11.2. The van der Waals surface area contributed by atoms with Crippen molar-refractivity contribution in [2.45, 2.75) is 32.9 Å². The summed E-state index contributed by atoms with van der Waals surface area (Å²) in [5, 5.41) is 5.74. The van der Waals surface area contributed by atoms with E-state index in [2.05, 4.69) is 61.8 Å². The molecule has 1 aromatic heterocycles. The van der Waals surface area contributed by atoms with Crippen LogP contribution < -0.4 is 10.1 Å². The van der Waals surface area contributed by atoms with Gasteiger partial charge in [0.1, 0.15) is 5.75 Å². The highest BCUT2D eigenvalue weighted by atomic mass is 32.1. The summed E-state index contributed by atoms with van der Waals surface area (Å²) in [4.78, 5) is 1.36. The molecule has 2 atom stereocenters. The first kappa shape index (κ1) is 14.1. The lowest BCUT2D eigenvalue weighted by atomic mass is 10.0. The molecule has 2 aromatic rings. The van der Waals surface area contributed by atoms with Crippen LogP contribution in [0, 0.1) is 6.92 Å². The summed E-state index contributed by atoms with van der Waals surface area (Å²) < 4.78 is 5.48. The average Bonchev–Trinajstić information content (AvgIpc) is 2.92. The van der Waals surface area contributed by atoms with Gasteiger partial charge in [0.2, 0.25) is 0 Å². The molecule has 0 amide bonds. The second kappa shape index (κ2) is 6.22. The van der Waals surface area contributed by atoms with Crippen LogP contribution in [0.1, 0.15) is 41.9 Å². The predicted octanol–water partition coefficient (Wildman–Crippen LogP) is 4.48. The van der Waals surface area contributed by atoms with Crippen LogP contribution in [0.2, 0.25) is 0 Å². The van der Waals surface area contributed by atoms with Crippen LogP contribution in [0.3, 0.4) is 0 Å². The molecule has 0 radical (unpaired) electrons. The third-order valence-corrected chi connectivity index (χ3v) is 4.38. The highest BCUT2D eigenvalue weighted by Crippen LogP contribution is 2.29. The Bertz CT molecular complexity index is 522. The fourth-order valence-electron chi connectivity index (χ4n) is 2.26. The molecule has 0 bridgehead atoms. The number of methoxy groups -OCH3 is 1. The van der Waals surface area contributed by atoms with Gasteiger partial charge in [-0.2, -0.15) is 0 Å². The highest BCUT2D eigenvalue weighted by molar-refractivity contribution is 7.10. The van der Waals surface area contributed by atoms with Gasteiger partial charge in [-0.25, -0.2) is 0 Å². The number of nitrogens with one attached hydrogen (secondary N) is 1. The largest absolute Gasteiger partial charge is 0.496 e. The number of benzene rings is 1. The molecule has 0 aliphatic carbocycles. The topological polar surface area (TPSA) is 21.3 Å². The second-order valence-electron chi connectivity index (χ2n) is 4.87. The molecule has 0 aliphatic heterocycles. The van der Waals surface area contributed by atoms with Gasteiger partial charge >= 0.3 is 0 Å². The molecular formula is C16H21NOS. The van der Waals surface area contributed by atoms with Crippen molar-refractivity contribution < 1.29 is 4.74 Å². The molecule has 19 heavy (non-hydrogen) atoms. The normalized spacial score (nSPS) is 14.1. The number of hydrogen-bond acceptors (Lipinski definition) is 3. The quantitative estimate of drug-likeness (QED) is 0.869. The van der Waals surface area contributed by atoms with Crippen molar-refractivity contribution in [1.29, 1.82) is 0 Å². The van der Waals surface area contributed by atoms with E-state index in [1.165, 1.54) is 16.0 Å². The summed E-state index contributed by atoms with van der Waals surface area (Å²) >= 11 is 1.79. The van der Waals surface area contributed by atoms with E-state index in [4.69, 9.17) is 4.74 Å². The molecule has 1 N–H and O–H groups in total. The van der Waals surface area contributed by atoms with Gasteiger partial charge < -0.3 is 10.1 Å². The molecule has 3 heteroatoms. The number of ether oxygens (including phenoxy) is 1. The maximum absolute atomic E-state index is 5.48. The Morgan fingerprint density at radius 2 is 1.95 bits per heavy atom. The summed E-state index contributed by atoms with van der Waals surface area (Å²) in [6.45, 7) is 6.46. The van der Waals surface area contributed by atoms with Gasteiger partial charge in [-0.05, 0) is 43.8 Å². The monoisotopic (exact) mass is 275 g/mol. The molecule has 1 aromatic carbocycles. The third kappa shape index (κ3) is 3.37. The molecule has 2 unspecified atom stereocenters. The fourth-order valence-corrected chi connectivity index (χ4v) is 3.00. The predicted molar refractivity (Wildman–Crippen MR) is 82.0 cm³/mol. The molecule has 0 saturated heterocycles. The molecule has 0 spiro atoms. The third-order valence-electron chi connectivity index (χ3n) is 3.33. The zero-order valence-electron chi connectivity index (χ0n) is 11.9. The van der Waals surface area contributed by atoms with E-state index in [0.29, 0.717) is 6.04 Å². The van der Waals surface area contributed by atoms with E-state index in [1.54, 1.807) is 18.4 Å². The van der Waals surface area contributed by atoms with E-state index in [0.717, 1.165) is 5.75 Å². The Balaban J connectivity index is 2.13. The Kier molecular flexibility index (Phi) is 4.61. The first-order valence-corrected chi connectivity index (χ1v) is 7.43. The SMILES string of the molecule is COc1cc(C)ccc1C(C)NC(C)c1cccs1. The first-order valence-electron chi connectivity index (χ1n) is 6.55. The Morgan fingerprint density at radius 3 is 2.58 bits per heavy atom. The van der Waals surface area contributed by atoms with Crippen LogP contribution in [0.25, 0.3) is 0 Å². The molecule has 0 aliphatic rings.